The standard InChI is InChI=1S/C11H12BrN3/c1-7-11(2,15-10(13)14-7)8-4-3-5-9(12)6-8/h3-6H,1-2H3,(H2,13,15). The summed E-state index contributed by atoms with van der Waals surface area (Å²) in [6.45, 7) is 3.97. The van der Waals surface area contributed by atoms with Gasteiger partial charge < -0.3 is 5.73 Å². The number of hydrogen-bond donors (Lipinski definition) is 1. The molecule has 78 valence electrons. The van der Waals surface area contributed by atoms with Crippen LogP contribution in [0.1, 0.15) is 19.4 Å². The van der Waals surface area contributed by atoms with Gasteiger partial charge in [0.15, 0.2) is 0 Å². The topological polar surface area (TPSA) is 50.7 Å². The summed E-state index contributed by atoms with van der Waals surface area (Å²) in [4.78, 5) is 8.56. The van der Waals surface area contributed by atoms with E-state index in [1.54, 1.807) is 0 Å². The van der Waals surface area contributed by atoms with E-state index in [4.69, 9.17) is 5.73 Å². The number of guanidine groups is 1. The molecule has 0 bridgehead atoms. The highest BCUT2D eigenvalue weighted by atomic mass is 79.9. The minimum atomic E-state index is -0.409. The molecule has 1 aromatic carbocycles. The van der Waals surface area contributed by atoms with Crippen molar-refractivity contribution in [2.45, 2.75) is 19.4 Å². The Morgan fingerprint density at radius 1 is 1.40 bits per heavy atom. The Morgan fingerprint density at radius 3 is 2.67 bits per heavy atom. The molecule has 0 aromatic heterocycles. The summed E-state index contributed by atoms with van der Waals surface area (Å²) >= 11 is 3.45. The minimum Gasteiger partial charge on any atom is -0.368 e. The predicted octanol–water partition coefficient (Wildman–Crippen LogP) is 2.45. The molecule has 1 aliphatic rings. The monoisotopic (exact) mass is 265 g/mol. The van der Waals surface area contributed by atoms with Crippen molar-refractivity contribution in [2.75, 3.05) is 0 Å². The molecule has 3 nitrogen and oxygen atoms in total. The molecule has 1 heterocycles. The van der Waals surface area contributed by atoms with E-state index in [0.29, 0.717) is 5.96 Å². The lowest BCUT2D eigenvalue weighted by molar-refractivity contribution is 0.689. The zero-order valence-electron chi connectivity index (χ0n) is 8.66. The van der Waals surface area contributed by atoms with Crippen LogP contribution in [0.15, 0.2) is 38.7 Å². The lowest BCUT2D eigenvalue weighted by atomic mass is 9.89. The molecule has 1 atom stereocenters. The second-order valence-electron chi connectivity index (χ2n) is 3.75. The van der Waals surface area contributed by atoms with E-state index in [2.05, 4.69) is 25.9 Å². The Morgan fingerprint density at radius 2 is 2.13 bits per heavy atom. The largest absolute Gasteiger partial charge is 0.368 e. The van der Waals surface area contributed by atoms with Crippen molar-refractivity contribution >= 4 is 27.6 Å². The van der Waals surface area contributed by atoms with Gasteiger partial charge in [0, 0.05) is 4.47 Å². The normalized spacial score (nSPS) is 25.0. The van der Waals surface area contributed by atoms with Gasteiger partial charge in [-0.1, -0.05) is 28.1 Å². The molecule has 0 saturated heterocycles. The second kappa shape index (κ2) is 3.45. The van der Waals surface area contributed by atoms with Crippen LogP contribution in [0.3, 0.4) is 0 Å². The molecule has 0 fully saturated rings. The van der Waals surface area contributed by atoms with Crippen LogP contribution in [0.5, 0.6) is 0 Å². The lowest BCUT2D eigenvalue weighted by Gasteiger charge is -2.21. The van der Waals surface area contributed by atoms with Gasteiger partial charge in [0.25, 0.3) is 0 Å². The Hall–Kier alpha value is -1.16. The highest BCUT2D eigenvalue weighted by Crippen LogP contribution is 2.32. The van der Waals surface area contributed by atoms with Crippen molar-refractivity contribution in [2.24, 2.45) is 15.7 Å². The van der Waals surface area contributed by atoms with Crippen LogP contribution in [0.2, 0.25) is 0 Å². The van der Waals surface area contributed by atoms with Gasteiger partial charge in [0.05, 0.1) is 5.71 Å². The zero-order chi connectivity index (χ0) is 11.1. The highest BCUT2D eigenvalue weighted by molar-refractivity contribution is 9.10. The number of aliphatic imine (C=N–C) groups is 2. The number of halogens is 1. The first kappa shape index (κ1) is 10.4. The van der Waals surface area contributed by atoms with E-state index in [1.165, 1.54) is 0 Å². The predicted molar refractivity (Wildman–Crippen MR) is 66.2 cm³/mol. The maximum Gasteiger partial charge on any atom is 0.216 e. The van der Waals surface area contributed by atoms with Crippen LogP contribution < -0.4 is 5.73 Å². The van der Waals surface area contributed by atoms with Crippen molar-refractivity contribution in [1.29, 1.82) is 0 Å². The maximum absolute atomic E-state index is 5.63. The highest BCUT2D eigenvalue weighted by Gasteiger charge is 2.33. The van der Waals surface area contributed by atoms with Crippen LogP contribution in [0.4, 0.5) is 0 Å². The van der Waals surface area contributed by atoms with Gasteiger partial charge in [-0.15, -0.1) is 0 Å². The van der Waals surface area contributed by atoms with Crippen LogP contribution in [0.25, 0.3) is 0 Å². The average molecular weight is 266 g/mol. The number of nitrogens with two attached hydrogens (primary N) is 1. The van der Waals surface area contributed by atoms with Gasteiger partial charge in [0.2, 0.25) is 5.96 Å². The first-order chi connectivity index (χ1) is 7.02. The van der Waals surface area contributed by atoms with E-state index in [-0.39, 0.29) is 0 Å². The average Bonchev–Trinajstić information content (AvgIpc) is 2.42. The first-order valence-corrected chi connectivity index (χ1v) is 5.49. The van der Waals surface area contributed by atoms with Gasteiger partial charge in [0.1, 0.15) is 5.54 Å². The van der Waals surface area contributed by atoms with Crippen molar-refractivity contribution in [3.63, 3.8) is 0 Å². The summed E-state index contributed by atoms with van der Waals surface area (Å²) in [7, 11) is 0. The molecule has 1 aromatic rings. The molecule has 0 spiro atoms. The molecule has 0 amide bonds. The van der Waals surface area contributed by atoms with Gasteiger partial charge in [-0.05, 0) is 31.5 Å². The summed E-state index contributed by atoms with van der Waals surface area (Å²) in [6, 6.07) is 8.05. The van der Waals surface area contributed by atoms with Crippen molar-refractivity contribution in [3.05, 3.63) is 34.3 Å². The maximum atomic E-state index is 5.63. The van der Waals surface area contributed by atoms with Crippen LogP contribution in [-0.4, -0.2) is 11.7 Å². The summed E-state index contributed by atoms with van der Waals surface area (Å²) < 4.78 is 1.04. The fourth-order valence-electron chi connectivity index (χ4n) is 1.68. The number of hydrogen-bond acceptors (Lipinski definition) is 3. The summed E-state index contributed by atoms with van der Waals surface area (Å²) in [5.74, 6) is 0.356. The second-order valence-corrected chi connectivity index (χ2v) is 4.67. The number of nitrogens with zero attached hydrogens (tertiary/aromatic N) is 2. The SMILES string of the molecule is CC1=NC(N)=NC1(C)c1cccc(Br)c1. The lowest BCUT2D eigenvalue weighted by Crippen LogP contribution is -2.25. The summed E-state index contributed by atoms with van der Waals surface area (Å²) in [5.41, 5.74) is 7.24. The first-order valence-electron chi connectivity index (χ1n) is 4.69. The molecule has 0 aliphatic carbocycles. The van der Waals surface area contributed by atoms with Crippen LogP contribution >= 0.6 is 15.9 Å². The smallest absolute Gasteiger partial charge is 0.216 e. The van der Waals surface area contributed by atoms with Gasteiger partial charge in [-0.25, -0.2) is 9.98 Å². The Kier molecular flexibility index (Phi) is 2.38. The molecule has 2 rings (SSSR count). The molecule has 0 radical (unpaired) electrons. The van der Waals surface area contributed by atoms with E-state index in [9.17, 15) is 0 Å². The van der Waals surface area contributed by atoms with E-state index in [1.807, 2.05) is 38.1 Å². The number of rotatable bonds is 1. The third-order valence-electron chi connectivity index (χ3n) is 2.71. The Balaban J connectivity index is 2.52. The molecule has 4 heteroatoms. The quantitative estimate of drug-likeness (QED) is 0.834. The molecule has 2 N–H and O–H groups in total. The van der Waals surface area contributed by atoms with E-state index in [0.717, 1.165) is 15.7 Å². The van der Waals surface area contributed by atoms with Crippen LogP contribution in [-0.2, 0) is 5.54 Å². The summed E-state index contributed by atoms with van der Waals surface area (Å²) in [6.07, 6.45) is 0. The van der Waals surface area contributed by atoms with E-state index >= 15 is 0 Å². The minimum absolute atomic E-state index is 0.356. The molecule has 0 saturated carbocycles. The third kappa shape index (κ3) is 1.69. The van der Waals surface area contributed by atoms with Gasteiger partial charge in [-0.3, -0.25) is 0 Å². The van der Waals surface area contributed by atoms with Gasteiger partial charge >= 0.3 is 0 Å². The Bertz CT molecular complexity index is 465. The van der Waals surface area contributed by atoms with Gasteiger partial charge in [-0.2, -0.15) is 0 Å². The zero-order valence-corrected chi connectivity index (χ0v) is 10.2. The fraction of sp³-hybridized carbons (Fsp3) is 0.273. The molecule has 1 aliphatic heterocycles. The third-order valence-corrected chi connectivity index (χ3v) is 3.20. The van der Waals surface area contributed by atoms with Crippen LogP contribution in [0, 0.1) is 0 Å². The molecular formula is C11H12BrN3. The van der Waals surface area contributed by atoms with Crippen molar-refractivity contribution in [1.82, 2.24) is 0 Å². The molecular weight excluding hydrogens is 254 g/mol. The Labute approximate surface area is 97.2 Å². The van der Waals surface area contributed by atoms with E-state index < -0.39 is 5.54 Å². The molecule has 1 unspecified atom stereocenters. The summed E-state index contributed by atoms with van der Waals surface area (Å²) in [5, 5.41) is 0. The van der Waals surface area contributed by atoms with Crippen molar-refractivity contribution < 1.29 is 0 Å². The number of benzene rings is 1. The fourth-order valence-corrected chi connectivity index (χ4v) is 2.08. The molecule has 15 heavy (non-hydrogen) atoms. The van der Waals surface area contributed by atoms with Crippen molar-refractivity contribution in [3.8, 4) is 0 Å².